The summed E-state index contributed by atoms with van der Waals surface area (Å²) < 4.78 is 36.0. The molecule has 138 valence electrons. The molecule has 1 heterocycles. The van der Waals surface area contributed by atoms with Crippen molar-refractivity contribution in [2.75, 3.05) is 20.5 Å². The minimum Gasteiger partial charge on any atom is -0.504 e. The van der Waals surface area contributed by atoms with Gasteiger partial charge >= 0.3 is 0 Å². The van der Waals surface area contributed by atoms with E-state index in [4.69, 9.17) is 9.47 Å². The van der Waals surface area contributed by atoms with Crippen molar-refractivity contribution in [3.63, 3.8) is 0 Å². The largest absolute Gasteiger partial charge is 0.504 e. The first-order chi connectivity index (χ1) is 12.3. The number of sulfonamides is 1. The molecular formula is C18H20N2O5S. The number of hydrazone groups is 1. The van der Waals surface area contributed by atoms with Crippen molar-refractivity contribution in [1.29, 1.82) is 0 Å². The highest BCUT2D eigenvalue weighted by molar-refractivity contribution is 7.88. The van der Waals surface area contributed by atoms with Crippen molar-refractivity contribution in [1.82, 2.24) is 4.41 Å². The Kier molecular flexibility index (Phi) is 4.78. The Morgan fingerprint density at radius 1 is 1.12 bits per heavy atom. The van der Waals surface area contributed by atoms with Gasteiger partial charge in [-0.05, 0) is 29.8 Å². The highest BCUT2D eigenvalue weighted by Gasteiger charge is 2.35. The van der Waals surface area contributed by atoms with Gasteiger partial charge < -0.3 is 14.6 Å². The molecule has 2 aromatic carbocycles. The van der Waals surface area contributed by atoms with E-state index in [-0.39, 0.29) is 11.5 Å². The van der Waals surface area contributed by atoms with Crippen LogP contribution in [0.2, 0.25) is 0 Å². The minimum absolute atomic E-state index is 0.0218. The molecule has 7 nitrogen and oxygen atoms in total. The third kappa shape index (κ3) is 3.32. The van der Waals surface area contributed by atoms with Gasteiger partial charge in [0.1, 0.15) is 5.75 Å². The molecule has 0 fully saturated rings. The summed E-state index contributed by atoms with van der Waals surface area (Å²) in [5, 5.41) is 14.3. The lowest BCUT2D eigenvalue weighted by Crippen LogP contribution is -2.25. The maximum Gasteiger partial charge on any atom is 0.247 e. The first-order valence-electron chi connectivity index (χ1n) is 7.92. The Morgan fingerprint density at radius 2 is 1.81 bits per heavy atom. The summed E-state index contributed by atoms with van der Waals surface area (Å²) in [6.45, 7) is 0. The van der Waals surface area contributed by atoms with E-state index in [1.165, 1.54) is 13.2 Å². The van der Waals surface area contributed by atoms with Crippen molar-refractivity contribution < 1.29 is 23.0 Å². The van der Waals surface area contributed by atoms with Gasteiger partial charge in [-0.3, -0.25) is 0 Å². The van der Waals surface area contributed by atoms with Gasteiger partial charge in [0.25, 0.3) is 0 Å². The summed E-state index contributed by atoms with van der Waals surface area (Å²) in [5.41, 5.74) is 1.90. The molecule has 26 heavy (non-hydrogen) atoms. The molecule has 0 bridgehead atoms. The predicted octanol–water partition coefficient (Wildman–Crippen LogP) is 2.52. The highest BCUT2D eigenvalue weighted by atomic mass is 32.2. The van der Waals surface area contributed by atoms with Gasteiger partial charge in [-0.25, -0.2) is 8.42 Å². The van der Waals surface area contributed by atoms with Gasteiger partial charge in [0.15, 0.2) is 11.5 Å². The van der Waals surface area contributed by atoms with Gasteiger partial charge in [-0.1, -0.05) is 18.2 Å². The fourth-order valence-electron chi connectivity index (χ4n) is 3.00. The topological polar surface area (TPSA) is 88.4 Å². The standard InChI is InChI=1S/C18H20N2O5S/c1-24-13-9-7-12(8-10-13)16-11-15(19-20(16)26(3,22)23)14-5-4-6-17(21)18(14)25-2/h4-10,16,21H,11H2,1-3H3/t16-/m0/s1. The molecule has 1 aliphatic heterocycles. The number of phenols is 1. The molecule has 3 rings (SSSR count). The average Bonchev–Trinajstić information content (AvgIpc) is 3.07. The van der Waals surface area contributed by atoms with Crippen LogP contribution in [0.15, 0.2) is 47.6 Å². The number of nitrogens with zero attached hydrogens (tertiary/aromatic N) is 2. The van der Waals surface area contributed by atoms with E-state index in [0.29, 0.717) is 23.4 Å². The van der Waals surface area contributed by atoms with Crippen LogP contribution >= 0.6 is 0 Å². The number of methoxy groups -OCH3 is 2. The van der Waals surface area contributed by atoms with E-state index in [0.717, 1.165) is 16.2 Å². The van der Waals surface area contributed by atoms with E-state index in [1.54, 1.807) is 31.4 Å². The molecule has 0 amide bonds. The zero-order chi connectivity index (χ0) is 18.9. The Balaban J connectivity index is 2.04. The number of ether oxygens (including phenoxy) is 2. The zero-order valence-corrected chi connectivity index (χ0v) is 15.5. The lowest BCUT2D eigenvalue weighted by molar-refractivity contribution is 0.372. The third-order valence-corrected chi connectivity index (χ3v) is 5.24. The SMILES string of the molecule is COc1ccc([C@@H]2CC(c3cccc(O)c3OC)=NN2S(C)(=O)=O)cc1. The monoisotopic (exact) mass is 376 g/mol. The summed E-state index contributed by atoms with van der Waals surface area (Å²) in [4.78, 5) is 0. The summed E-state index contributed by atoms with van der Waals surface area (Å²) in [6.07, 6.45) is 1.48. The van der Waals surface area contributed by atoms with Gasteiger partial charge in [0.2, 0.25) is 10.0 Å². The number of phenolic OH excluding ortho intramolecular Hbond substituents is 1. The molecule has 0 unspecified atom stereocenters. The van der Waals surface area contributed by atoms with Crippen LogP contribution in [0.3, 0.4) is 0 Å². The Morgan fingerprint density at radius 3 is 2.38 bits per heavy atom. The number of aromatic hydroxyl groups is 1. The van der Waals surface area contributed by atoms with E-state index in [2.05, 4.69) is 5.10 Å². The van der Waals surface area contributed by atoms with E-state index in [1.807, 2.05) is 12.1 Å². The number of para-hydroxylation sites is 1. The second kappa shape index (κ2) is 6.87. The second-order valence-corrected chi connectivity index (χ2v) is 7.77. The van der Waals surface area contributed by atoms with Crippen LogP contribution < -0.4 is 9.47 Å². The van der Waals surface area contributed by atoms with Crippen LogP contribution in [0.4, 0.5) is 0 Å². The summed E-state index contributed by atoms with van der Waals surface area (Å²) in [6, 6.07) is 11.6. The molecule has 0 radical (unpaired) electrons. The second-order valence-electron chi connectivity index (χ2n) is 5.93. The van der Waals surface area contributed by atoms with Crippen LogP contribution in [-0.2, 0) is 10.0 Å². The molecule has 0 aromatic heterocycles. The van der Waals surface area contributed by atoms with Crippen LogP contribution in [0.5, 0.6) is 17.2 Å². The van der Waals surface area contributed by atoms with Crippen LogP contribution in [0, 0.1) is 0 Å². The first-order valence-corrected chi connectivity index (χ1v) is 9.77. The molecule has 1 N–H and O–H groups in total. The number of rotatable bonds is 5. The summed E-state index contributed by atoms with van der Waals surface area (Å²) in [7, 11) is -0.555. The Labute approximate surface area is 152 Å². The lowest BCUT2D eigenvalue weighted by Gasteiger charge is -2.21. The summed E-state index contributed by atoms with van der Waals surface area (Å²) >= 11 is 0. The molecule has 8 heteroatoms. The van der Waals surface area contributed by atoms with Crippen molar-refractivity contribution >= 4 is 15.7 Å². The fourth-order valence-corrected chi connectivity index (χ4v) is 3.90. The van der Waals surface area contributed by atoms with Gasteiger partial charge in [0.05, 0.1) is 32.2 Å². The number of hydrogen-bond donors (Lipinski definition) is 1. The molecule has 0 saturated heterocycles. The van der Waals surface area contributed by atoms with Crippen molar-refractivity contribution in [2.45, 2.75) is 12.5 Å². The number of benzene rings is 2. The van der Waals surface area contributed by atoms with Gasteiger partial charge in [-0.15, -0.1) is 0 Å². The van der Waals surface area contributed by atoms with E-state index >= 15 is 0 Å². The van der Waals surface area contributed by atoms with Crippen molar-refractivity contribution in [2.24, 2.45) is 5.10 Å². The number of hydrogen-bond acceptors (Lipinski definition) is 6. The molecule has 1 aliphatic rings. The fraction of sp³-hybridized carbons (Fsp3) is 0.278. The maximum atomic E-state index is 12.3. The normalized spacial score (nSPS) is 17.1. The zero-order valence-electron chi connectivity index (χ0n) is 14.7. The van der Waals surface area contributed by atoms with E-state index in [9.17, 15) is 13.5 Å². The lowest BCUT2D eigenvalue weighted by atomic mass is 9.98. The summed E-state index contributed by atoms with van der Waals surface area (Å²) in [5.74, 6) is 0.940. The first kappa shape index (κ1) is 18.1. The molecule has 1 atom stereocenters. The van der Waals surface area contributed by atoms with E-state index < -0.39 is 16.1 Å². The molecule has 0 aliphatic carbocycles. The molecule has 0 saturated carbocycles. The highest BCUT2D eigenvalue weighted by Crippen LogP contribution is 2.39. The average molecular weight is 376 g/mol. The maximum absolute atomic E-state index is 12.3. The van der Waals surface area contributed by atoms with Gasteiger partial charge in [-0.2, -0.15) is 9.52 Å². The molecule has 2 aromatic rings. The third-order valence-electron chi connectivity index (χ3n) is 4.22. The van der Waals surface area contributed by atoms with Crippen LogP contribution in [0.25, 0.3) is 0 Å². The van der Waals surface area contributed by atoms with Crippen molar-refractivity contribution in [3.8, 4) is 17.2 Å². The van der Waals surface area contributed by atoms with Crippen molar-refractivity contribution in [3.05, 3.63) is 53.6 Å². The Bertz CT molecular complexity index is 939. The minimum atomic E-state index is -3.57. The van der Waals surface area contributed by atoms with Crippen LogP contribution in [0.1, 0.15) is 23.6 Å². The predicted molar refractivity (Wildman–Crippen MR) is 98.2 cm³/mol. The quantitative estimate of drug-likeness (QED) is 0.866. The molecule has 0 spiro atoms. The smallest absolute Gasteiger partial charge is 0.247 e. The van der Waals surface area contributed by atoms with Gasteiger partial charge in [0, 0.05) is 12.0 Å². The molecular weight excluding hydrogens is 356 g/mol. The van der Waals surface area contributed by atoms with Crippen LogP contribution in [-0.4, -0.2) is 44.1 Å². The Hall–Kier alpha value is -2.74.